The van der Waals surface area contributed by atoms with Crippen LogP contribution in [0.1, 0.15) is 10.4 Å². The van der Waals surface area contributed by atoms with Crippen LogP contribution in [-0.4, -0.2) is 66.6 Å². The Kier molecular flexibility index (Phi) is 3.67. The van der Waals surface area contributed by atoms with E-state index in [4.69, 9.17) is 4.74 Å². The van der Waals surface area contributed by atoms with E-state index in [1.807, 2.05) is 7.05 Å². The van der Waals surface area contributed by atoms with E-state index in [9.17, 15) is 9.18 Å². The van der Waals surface area contributed by atoms with Crippen LogP contribution >= 0.6 is 0 Å². The van der Waals surface area contributed by atoms with Crippen LogP contribution in [0.3, 0.4) is 0 Å². The lowest BCUT2D eigenvalue weighted by atomic mass is 10.1. The Hall–Kier alpha value is -1.53. The summed E-state index contributed by atoms with van der Waals surface area (Å²) in [7, 11) is 2.05. The predicted molar refractivity (Wildman–Crippen MR) is 70.8 cm³/mol. The first-order chi connectivity index (χ1) is 9.65. The summed E-state index contributed by atoms with van der Waals surface area (Å²) in [6.07, 6.45) is 2.53. The number of ether oxygens (including phenoxy) is 1. The highest BCUT2D eigenvalue weighted by atomic mass is 19.1. The fourth-order valence-electron chi connectivity index (χ4n) is 3.03. The van der Waals surface area contributed by atoms with Crippen LogP contribution in [0, 0.1) is 11.7 Å². The van der Waals surface area contributed by atoms with Crippen LogP contribution in [0.15, 0.2) is 18.5 Å². The van der Waals surface area contributed by atoms with Crippen LogP contribution in [0.4, 0.5) is 4.39 Å². The Morgan fingerprint density at radius 3 is 3.05 bits per heavy atom. The van der Waals surface area contributed by atoms with Gasteiger partial charge in [-0.2, -0.15) is 0 Å². The molecule has 2 fully saturated rings. The minimum absolute atomic E-state index is 0.0208. The fourth-order valence-corrected chi connectivity index (χ4v) is 3.03. The maximum atomic E-state index is 13.8. The third kappa shape index (κ3) is 2.53. The summed E-state index contributed by atoms with van der Waals surface area (Å²) in [5.74, 6) is -0.549. The van der Waals surface area contributed by atoms with Gasteiger partial charge >= 0.3 is 0 Å². The number of hydrogen-bond donors (Lipinski definition) is 0. The Balaban J connectivity index is 1.89. The highest BCUT2D eigenvalue weighted by Gasteiger charge is 2.35. The predicted octanol–water partition coefficient (Wildman–Crippen LogP) is 0.623. The van der Waals surface area contributed by atoms with Crippen molar-refractivity contribution in [1.82, 2.24) is 14.8 Å². The number of fused-ring (bicyclic) bond motifs is 3. The van der Waals surface area contributed by atoms with Gasteiger partial charge in [0.05, 0.1) is 31.0 Å². The van der Waals surface area contributed by atoms with E-state index in [1.165, 1.54) is 12.3 Å². The van der Waals surface area contributed by atoms with Gasteiger partial charge in [0.15, 0.2) is 5.82 Å². The molecular weight excluding hydrogens is 261 g/mol. The normalized spacial score (nSPS) is 27.2. The maximum absolute atomic E-state index is 13.8. The van der Waals surface area contributed by atoms with Crippen molar-refractivity contribution in [2.75, 3.05) is 39.9 Å². The topological polar surface area (TPSA) is 45.7 Å². The highest BCUT2D eigenvalue weighted by molar-refractivity contribution is 5.94. The van der Waals surface area contributed by atoms with E-state index in [2.05, 4.69) is 9.88 Å². The van der Waals surface area contributed by atoms with Gasteiger partial charge in [-0.3, -0.25) is 9.78 Å². The molecule has 3 rings (SSSR count). The average Bonchev–Trinajstić information content (AvgIpc) is 2.68. The summed E-state index contributed by atoms with van der Waals surface area (Å²) >= 11 is 0. The molecule has 0 aromatic carbocycles. The number of amides is 1. The zero-order valence-corrected chi connectivity index (χ0v) is 11.5. The Labute approximate surface area is 117 Å². The summed E-state index contributed by atoms with van der Waals surface area (Å²) in [4.78, 5) is 20.3. The number of nitrogens with zero attached hydrogens (tertiary/aromatic N) is 3. The zero-order chi connectivity index (χ0) is 14.1. The van der Waals surface area contributed by atoms with E-state index >= 15 is 0 Å². The van der Waals surface area contributed by atoms with Gasteiger partial charge in [0.2, 0.25) is 0 Å². The van der Waals surface area contributed by atoms with E-state index in [-0.39, 0.29) is 23.4 Å². The van der Waals surface area contributed by atoms with Gasteiger partial charge in [0.25, 0.3) is 5.91 Å². The molecule has 20 heavy (non-hydrogen) atoms. The second-order valence-corrected chi connectivity index (χ2v) is 5.59. The quantitative estimate of drug-likeness (QED) is 0.756. The molecule has 1 aromatic heterocycles. The highest BCUT2D eigenvalue weighted by Crippen LogP contribution is 2.21. The van der Waals surface area contributed by atoms with Gasteiger partial charge in [-0.05, 0) is 13.1 Å². The molecular formula is C14H18FN3O2. The fraction of sp³-hybridized carbons (Fsp3) is 0.571. The molecule has 0 unspecified atom stereocenters. The molecule has 1 aromatic rings. The number of hydrogen-bond acceptors (Lipinski definition) is 4. The molecule has 2 atom stereocenters. The van der Waals surface area contributed by atoms with Crippen LogP contribution < -0.4 is 0 Å². The van der Waals surface area contributed by atoms with Gasteiger partial charge in [0.1, 0.15) is 0 Å². The monoisotopic (exact) mass is 279 g/mol. The van der Waals surface area contributed by atoms with Crippen molar-refractivity contribution in [3.8, 4) is 0 Å². The molecule has 2 bridgehead atoms. The summed E-state index contributed by atoms with van der Waals surface area (Å²) in [6.45, 7) is 3.45. The molecule has 0 spiro atoms. The standard InChI is InChI=1S/C14H18FN3O2/c1-17-5-10-6-18(11(7-17)9-20-8-10)14(19)12-2-3-16-4-13(12)15/h2-4,10-11H,5-9H2,1H3/t10-,11-/m0/s1. The van der Waals surface area contributed by atoms with Crippen molar-refractivity contribution in [3.05, 3.63) is 29.8 Å². The second-order valence-electron chi connectivity index (χ2n) is 5.59. The van der Waals surface area contributed by atoms with Gasteiger partial charge in [0, 0.05) is 31.7 Å². The molecule has 0 radical (unpaired) electrons. The molecule has 6 heteroatoms. The van der Waals surface area contributed by atoms with Crippen molar-refractivity contribution in [2.45, 2.75) is 6.04 Å². The first-order valence-corrected chi connectivity index (χ1v) is 6.82. The number of rotatable bonds is 1. The number of carbonyl (C=O) groups is 1. The number of carbonyl (C=O) groups excluding carboxylic acids is 1. The second kappa shape index (κ2) is 5.46. The number of pyridine rings is 1. The zero-order valence-electron chi connectivity index (χ0n) is 11.5. The first-order valence-electron chi connectivity index (χ1n) is 6.82. The van der Waals surface area contributed by atoms with Gasteiger partial charge < -0.3 is 14.5 Å². The molecule has 108 valence electrons. The van der Waals surface area contributed by atoms with E-state index < -0.39 is 5.82 Å². The lowest BCUT2D eigenvalue weighted by Crippen LogP contribution is -2.46. The van der Waals surface area contributed by atoms with Crippen LogP contribution in [0.5, 0.6) is 0 Å². The average molecular weight is 279 g/mol. The van der Waals surface area contributed by atoms with Crippen molar-refractivity contribution >= 4 is 5.91 Å². The summed E-state index contributed by atoms with van der Waals surface area (Å²) in [5.41, 5.74) is 0.0928. The van der Waals surface area contributed by atoms with E-state index in [0.29, 0.717) is 19.8 Å². The van der Waals surface area contributed by atoms with Gasteiger partial charge in [-0.25, -0.2) is 4.39 Å². The molecule has 0 saturated carbocycles. The molecule has 0 N–H and O–H groups in total. The van der Waals surface area contributed by atoms with E-state index in [1.54, 1.807) is 4.90 Å². The Morgan fingerprint density at radius 2 is 2.25 bits per heavy atom. The minimum Gasteiger partial charge on any atom is -0.379 e. The van der Waals surface area contributed by atoms with Crippen molar-refractivity contribution < 1.29 is 13.9 Å². The molecule has 2 aliphatic heterocycles. The smallest absolute Gasteiger partial charge is 0.257 e. The molecule has 2 aliphatic rings. The minimum atomic E-state index is -0.564. The first kappa shape index (κ1) is 13.5. The van der Waals surface area contributed by atoms with E-state index in [0.717, 1.165) is 19.3 Å². The van der Waals surface area contributed by atoms with Crippen molar-refractivity contribution in [3.63, 3.8) is 0 Å². The maximum Gasteiger partial charge on any atom is 0.257 e. The number of aromatic nitrogens is 1. The third-order valence-corrected chi connectivity index (χ3v) is 3.92. The lowest BCUT2D eigenvalue weighted by molar-refractivity contribution is 0.0481. The van der Waals surface area contributed by atoms with Crippen LogP contribution in [0.25, 0.3) is 0 Å². The third-order valence-electron chi connectivity index (χ3n) is 3.92. The molecule has 1 amide bonds. The summed E-state index contributed by atoms with van der Waals surface area (Å²) in [6, 6.07) is 1.42. The molecule has 2 saturated heterocycles. The Morgan fingerprint density at radius 1 is 1.40 bits per heavy atom. The number of halogens is 1. The van der Waals surface area contributed by atoms with Crippen molar-refractivity contribution in [2.24, 2.45) is 5.92 Å². The summed E-state index contributed by atoms with van der Waals surface area (Å²) in [5, 5.41) is 0. The molecule has 3 heterocycles. The number of likely N-dealkylation sites (N-methyl/N-ethyl adjacent to an activating group) is 1. The van der Waals surface area contributed by atoms with Gasteiger partial charge in [-0.1, -0.05) is 0 Å². The largest absolute Gasteiger partial charge is 0.379 e. The molecule has 0 aliphatic carbocycles. The van der Waals surface area contributed by atoms with Crippen LogP contribution in [-0.2, 0) is 4.74 Å². The Bertz CT molecular complexity index is 511. The van der Waals surface area contributed by atoms with Crippen LogP contribution in [0.2, 0.25) is 0 Å². The summed E-state index contributed by atoms with van der Waals surface area (Å²) < 4.78 is 19.4. The lowest BCUT2D eigenvalue weighted by Gasteiger charge is -2.29. The SMILES string of the molecule is CN1C[C@@H]2COC[C@H](C1)N(C(=O)c1ccncc1F)C2. The van der Waals surface area contributed by atoms with Gasteiger partial charge in [-0.15, -0.1) is 0 Å². The molecule has 5 nitrogen and oxygen atoms in total. The van der Waals surface area contributed by atoms with Crippen molar-refractivity contribution in [1.29, 1.82) is 0 Å².